The molecule has 0 fully saturated rings. The lowest BCUT2D eigenvalue weighted by Crippen LogP contribution is -2.11. The fourth-order valence-electron chi connectivity index (χ4n) is 0.491. The van der Waals surface area contributed by atoms with Crippen molar-refractivity contribution in [2.75, 3.05) is 6.61 Å². The zero-order valence-corrected chi connectivity index (χ0v) is 9.26. The number of esters is 2. The molecule has 0 aliphatic rings. The molecule has 0 aliphatic carbocycles. The van der Waals surface area contributed by atoms with Crippen LogP contribution in [0.1, 0.15) is 13.8 Å². The second kappa shape index (κ2) is 6.68. The van der Waals surface area contributed by atoms with E-state index >= 15 is 0 Å². The third-order valence-corrected chi connectivity index (χ3v) is 1.48. The molecule has 0 bridgehead atoms. The number of carbonyl (C=O) groups is 2. The van der Waals surface area contributed by atoms with Crippen LogP contribution in [-0.2, 0) is 19.1 Å². The third kappa shape index (κ3) is 5.09. The predicted molar refractivity (Wildman–Crippen MR) is 52.0 cm³/mol. The minimum atomic E-state index is -1.26. The van der Waals surface area contributed by atoms with Gasteiger partial charge in [-0.3, -0.25) is 0 Å². The highest BCUT2D eigenvalue weighted by Crippen LogP contribution is 2.05. The Morgan fingerprint density at radius 2 is 2.00 bits per heavy atom. The molecule has 4 nitrogen and oxygen atoms in total. The summed E-state index contributed by atoms with van der Waals surface area (Å²) in [5.41, 5.74) is 0.161. The number of hydrogen-bond acceptors (Lipinski definition) is 4. The molecule has 0 rings (SSSR count). The summed E-state index contributed by atoms with van der Waals surface area (Å²) in [6.45, 7) is 3.37. The van der Waals surface area contributed by atoms with Crippen molar-refractivity contribution in [3.8, 4) is 0 Å². The minimum Gasteiger partial charge on any atom is -0.463 e. The van der Waals surface area contributed by atoms with Crippen molar-refractivity contribution in [1.29, 1.82) is 0 Å². The van der Waals surface area contributed by atoms with Crippen LogP contribution in [0.5, 0.6) is 0 Å². The molecule has 0 saturated carbocycles. The molecule has 0 atom stereocenters. The number of halogens is 2. The summed E-state index contributed by atoms with van der Waals surface area (Å²) in [6, 6.07) is 0. The van der Waals surface area contributed by atoms with Crippen molar-refractivity contribution in [3.05, 3.63) is 11.8 Å². The van der Waals surface area contributed by atoms with Crippen molar-refractivity contribution in [2.45, 2.75) is 18.7 Å². The van der Waals surface area contributed by atoms with Crippen LogP contribution in [0.25, 0.3) is 0 Å². The highest BCUT2D eigenvalue weighted by atomic mass is 35.5. The highest BCUT2D eigenvalue weighted by Gasteiger charge is 2.13. The first-order chi connectivity index (χ1) is 6.49. The fraction of sp³-hybridized carbons (Fsp3) is 0.500. The van der Waals surface area contributed by atoms with Gasteiger partial charge in [0.25, 0.3) is 0 Å². The Morgan fingerprint density at radius 1 is 1.43 bits per heavy atom. The number of hydrogen-bond donors (Lipinski definition) is 0. The van der Waals surface area contributed by atoms with Crippen molar-refractivity contribution < 1.29 is 19.1 Å². The summed E-state index contributed by atoms with van der Waals surface area (Å²) in [5, 5.41) is 0. The molecule has 0 saturated heterocycles. The van der Waals surface area contributed by atoms with E-state index in [4.69, 9.17) is 23.2 Å². The molecule has 0 amide bonds. The van der Waals surface area contributed by atoms with Gasteiger partial charge in [-0.05, 0) is 13.8 Å². The first kappa shape index (κ1) is 13.3. The number of rotatable bonds is 4. The largest absolute Gasteiger partial charge is 0.463 e. The molecule has 0 aromatic heterocycles. The van der Waals surface area contributed by atoms with E-state index in [0.29, 0.717) is 0 Å². The van der Waals surface area contributed by atoms with E-state index in [1.165, 1.54) is 6.92 Å². The van der Waals surface area contributed by atoms with Crippen LogP contribution < -0.4 is 0 Å². The average Bonchev–Trinajstić information content (AvgIpc) is 2.13. The number of ether oxygens (including phenoxy) is 2. The van der Waals surface area contributed by atoms with Gasteiger partial charge in [0.05, 0.1) is 12.2 Å². The third-order valence-electron chi connectivity index (χ3n) is 1.13. The van der Waals surface area contributed by atoms with Crippen LogP contribution in [0.2, 0.25) is 0 Å². The van der Waals surface area contributed by atoms with Crippen molar-refractivity contribution in [3.63, 3.8) is 0 Å². The number of carbonyl (C=O) groups excluding carboxylic acids is 2. The lowest BCUT2D eigenvalue weighted by molar-refractivity contribution is -0.139. The molecular formula is C8H10Cl2O4. The zero-order valence-electron chi connectivity index (χ0n) is 7.75. The van der Waals surface area contributed by atoms with Gasteiger partial charge in [0.2, 0.25) is 4.84 Å². The lowest BCUT2D eigenvalue weighted by atomic mass is 10.3. The van der Waals surface area contributed by atoms with Crippen molar-refractivity contribution >= 4 is 35.1 Å². The molecule has 0 aromatic carbocycles. The van der Waals surface area contributed by atoms with E-state index in [-0.39, 0.29) is 12.2 Å². The molecule has 0 aromatic rings. The Bertz CT molecular complexity index is 248. The van der Waals surface area contributed by atoms with E-state index in [1.54, 1.807) is 6.92 Å². The highest BCUT2D eigenvalue weighted by molar-refractivity contribution is 6.52. The van der Waals surface area contributed by atoms with Gasteiger partial charge in [0.15, 0.2) is 0 Å². The van der Waals surface area contributed by atoms with Crippen LogP contribution >= 0.6 is 23.2 Å². The summed E-state index contributed by atoms with van der Waals surface area (Å²) in [6.07, 6.45) is 0.956. The molecular weight excluding hydrogens is 231 g/mol. The average molecular weight is 241 g/mol. The first-order valence-electron chi connectivity index (χ1n) is 3.81. The maximum Gasteiger partial charge on any atom is 0.344 e. The molecule has 80 valence electrons. The van der Waals surface area contributed by atoms with Crippen LogP contribution in [0.15, 0.2) is 11.8 Å². The standard InChI is InChI=1S/C8H10Cl2O4/c1-3-13-7(11)5(2)4-14-8(12)6(9)10/h4,6H,3H2,1-2H3. The quantitative estimate of drug-likeness (QED) is 0.326. The van der Waals surface area contributed by atoms with E-state index < -0.39 is 16.8 Å². The maximum absolute atomic E-state index is 11.0. The molecule has 0 heterocycles. The van der Waals surface area contributed by atoms with E-state index in [1.807, 2.05) is 0 Å². The van der Waals surface area contributed by atoms with Crippen LogP contribution in [0, 0.1) is 0 Å². The SMILES string of the molecule is CCOC(=O)C(C)=COC(=O)C(Cl)Cl. The second-order valence-electron chi connectivity index (χ2n) is 2.26. The Kier molecular flexibility index (Phi) is 6.32. The Labute approximate surface area is 91.8 Å². The summed E-state index contributed by atoms with van der Waals surface area (Å²) in [4.78, 5) is 20.5. The van der Waals surface area contributed by atoms with Crippen LogP contribution in [0.3, 0.4) is 0 Å². The second-order valence-corrected chi connectivity index (χ2v) is 3.36. The van der Waals surface area contributed by atoms with Crippen LogP contribution in [0.4, 0.5) is 0 Å². The molecule has 0 aliphatic heterocycles. The van der Waals surface area contributed by atoms with Gasteiger partial charge in [0.1, 0.15) is 6.26 Å². The van der Waals surface area contributed by atoms with Gasteiger partial charge in [-0.2, -0.15) is 0 Å². The number of alkyl halides is 2. The van der Waals surface area contributed by atoms with E-state index in [0.717, 1.165) is 6.26 Å². The molecule has 0 N–H and O–H groups in total. The Hall–Kier alpha value is -0.740. The van der Waals surface area contributed by atoms with Crippen LogP contribution in [-0.4, -0.2) is 23.4 Å². The van der Waals surface area contributed by atoms with E-state index in [2.05, 4.69) is 9.47 Å². The normalized spacial score (nSPS) is 11.4. The Morgan fingerprint density at radius 3 is 2.43 bits per heavy atom. The molecule has 6 heteroatoms. The van der Waals surface area contributed by atoms with Gasteiger partial charge in [0, 0.05) is 0 Å². The predicted octanol–water partition coefficient (Wildman–Crippen LogP) is 1.80. The smallest absolute Gasteiger partial charge is 0.344 e. The van der Waals surface area contributed by atoms with Crippen molar-refractivity contribution in [1.82, 2.24) is 0 Å². The van der Waals surface area contributed by atoms with Gasteiger partial charge >= 0.3 is 11.9 Å². The summed E-state index contributed by atoms with van der Waals surface area (Å²) < 4.78 is 9.10. The summed E-state index contributed by atoms with van der Waals surface area (Å²) in [5.74, 6) is -1.39. The molecule has 0 unspecified atom stereocenters. The van der Waals surface area contributed by atoms with Gasteiger partial charge in [-0.1, -0.05) is 23.2 Å². The monoisotopic (exact) mass is 240 g/mol. The molecule has 0 spiro atoms. The summed E-state index contributed by atoms with van der Waals surface area (Å²) >= 11 is 10.4. The maximum atomic E-state index is 11.0. The van der Waals surface area contributed by atoms with E-state index in [9.17, 15) is 9.59 Å². The fourth-order valence-corrected chi connectivity index (χ4v) is 0.594. The van der Waals surface area contributed by atoms with Gasteiger partial charge in [-0.25, -0.2) is 9.59 Å². The first-order valence-corrected chi connectivity index (χ1v) is 4.68. The van der Waals surface area contributed by atoms with Crippen molar-refractivity contribution in [2.24, 2.45) is 0 Å². The summed E-state index contributed by atoms with van der Waals surface area (Å²) in [7, 11) is 0. The Balaban J connectivity index is 4.12. The molecule has 0 radical (unpaired) electrons. The minimum absolute atomic E-state index is 0.161. The van der Waals surface area contributed by atoms with Gasteiger partial charge < -0.3 is 9.47 Å². The molecule has 14 heavy (non-hydrogen) atoms. The zero-order chi connectivity index (χ0) is 11.1. The van der Waals surface area contributed by atoms with Gasteiger partial charge in [-0.15, -0.1) is 0 Å². The lowest BCUT2D eigenvalue weighted by Gasteiger charge is -2.02. The topological polar surface area (TPSA) is 52.6 Å².